The van der Waals surface area contributed by atoms with Crippen LogP contribution in [0.15, 0.2) is 60.1 Å². The summed E-state index contributed by atoms with van der Waals surface area (Å²) in [5.41, 5.74) is 19.3. The summed E-state index contributed by atoms with van der Waals surface area (Å²) in [7, 11) is -3.47. The monoisotopic (exact) mass is 684 g/mol. The molecule has 0 aliphatic heterocycles. The summed E-state index contributed by atoms with van der Waals surface area (Å²) in [6.45, 7) is 4.01. The second kappa shape index (κ2) is 14.2. The minimum absolute atomic E-state index is 0.0593. The molecule has 0 saturated heterocycles. The van der Waals surface area contributed by atoms with Gasteiger partial charge < -0.3 is 21.2 Å². The summed E-state index contributed by atoms with van der Waals surface area (Å²) in [5, 5.41) is 8.95. The van der Waals surface area contributed by atoms with Crippen molar-refractivity contribution in [2.45, 2.75) is 65.0 Å². The van der Waals surface area contributed by atoms with E-state index >= 15 is 0 Å². The van der Waals surface area contributed by atoms with Crippen molar-refractivity contribution in [3.8, 4) is 17.3 Å². The third-order valence-electron chi connectivity index (χ3n) is 8.62. The molecule has 3 heterocycles. The molecule has 1 aromatic carbocycles. The lowest BCUT2D eigenvalue weighted by molar-refractivity contribution is 0.154. The predicted molar refractivity (Wildman–Crippen MR) is 190 cm³/mol. The number of halogens is 1. The second-order valence-electron chi connectivity index (χ2n) is 12.8. The maximum atomic E-state index is 14.9. The fourth-order valence-corrected chi connectivity index (χ4v) is 6.67. The summed E-state index contributed by atoms with van der Waals surface area (Å²) in [4.78, 5) is 12.9. The summed E-state index contributed by atoms with van der Waals surface area (Å²) >= 11 is 0. The number of hydrogen-bond donors (Lipinski definition) is 5. The van der Waals surface area contributed by atoms with Gasteiger partial charge in [-0.25, -0.2) is 22.5 Å². The summed E-state index contributed by atoms with van der Waals surface area (Å²) in [6.07, 6.45) is 17.9. The second-order valence-corrected chi connectivity index (χ2v) is 14.6. The fourth-order valence-electron chi connectivity index (χ4n) is 6.24. The number of aromatic nitrogens is 5. The molecule has 3 aromatic heterocycles. The fraction of sp³-hybridized carbons (Fsp3) is 0.306. The number of fused-ring (bicyclic) bond motifs is 1. The molecule has 0 spiro atoms. The van der Waals surface area contributed by atoms with Crippen LogP contribution in [0.3, 0.4) is 0 Å². The van der Waals surface area contributed by atoms with E-state index < -0.39 is 15.8 Å². The largest absolute Gasteiger partial charge is 0.489 e. The zero-order chi connectivity index (χ0) is 34.7. The van der Waals surface area contributed by atoms with Gasteiger partial charge >= 0.3 is 0 Å². The van der Waals surface area contributed by atoms with Crippen molar-refractivity contribution in [2.75, 3.05) is 6.26 Å². The number of nitrogens with two attached hydrogens (primary N) is 2. The van der Waals surface area contributed by atoms with Crippen molar-refractivity contribution >= 4 is 33.4 Å². The average molecular weight is 685 g/mol. The maximum absolute atomic E-state index is 14.9. The molecule has 11 nitrogen and oxygen atoms in total. The molecule has 4 aromatic rings. The predicted octanol–water partition coefficient (Wildman–Crippen LogP) is 3.90. The lowest BCUT2D eigenvalue weighted by Gasteiger charge is -2.23. The molecule has 1 saturated carbocycles. The minimum atomic E-state index is -3.47. The first-order valence-corrected chi connectivity index (χ1v) is 18.1. The van der Waals surface area contributed by atoms with Gasteiger partial charge in [0.15, 0.2) is 5.82 Å². The van der Waals surface area contributed by atoms with Crippen molar-refractivity contribution in [3.63, 3.8) is 0 Å². The first-order valence-electron chi connectivity index (χ1n) is 16.3. The van der Waals surface area contributed by atoms with Gasteiger partial charge in [0.1, 0.15) is 17.3 Å². The number of imidazole rings is 1. The van der Waals surface area contributed by atoms with Crippen LogP contribution in [-0.4, -0.2) is 45.9 Å². The van der Waals surface area contributed by atoms with Gasteiger partial charge in [-0.3, -0.25) is 10.1 Å². The summed E-state index contributed by atoms with van der Waals surface area (Å²) in [5.74, 6) is 0.700. The normalized spacial score (nSPS) is 16.2. The highest BCUT2D eigenvalue weighted by Crippen LogP contribution is 2.32. The maximum Gasteiger partial charge on any atom is 0.209 e. The Labute approximate surface area is 284 Å². The van der Waals surface area contributed by atoms with E-state index in [1.165, 1.54) is 37.6 Å². The van der Waals surface area contributed by atoms with E-state index in [1.807, 2.05) is 32.2 Å². The van der Waals surface area contributed by atoms with Gasteiger partial charge in [0, 0.05) is 53.1 Å². The molecule has 0 atom stereocenters. The number of hydrogen-bond acceptors (Lipinski definition) is 8. The van der Waals surface area contributed by atoms with Crippen molar-refractivity contribution in [1.82, 2.24) is 29.9 Å². The Balaban J connectivity index is 1.40. The van der Waals surface area contributed by atoms with Crippen molar-refractivity contribution < 1.29 is 17.5 Å². The average Bonchev–Trinajstić information content (AvgIpc) is 3.62. The number of ether oxygens (including phenoxy) is 1. The van der Waals surface area contributed by atoms with E-state index in [4.69, 9.17) is 21.2 Å². The van der Waals surface area contributed by atoms with Crippen LogP contribution in [0.2, 0.25) is 0 Å². The number of nitrogens with one attached hydrogen (secondary N) is 3. The Hall–Kier alpha value is -5.01. The number of aromatic amines is 2. The molecular weight excluding hydrogens is 644 g/mol. The molecule has 0 amide bonds. The van der Waals surface area contributed by atoms with Gasteiger partial charge in [-0.05, 0) is 92.6 Å². The number of benzene rings is 1. The molecule has 0 radical (unpaired) electrons. The minimum Gasteiger partial charge on any atom is -0.489 e. The third kappa shape index (κ3) is 8.01. The number of pyridine rings is 1. The summed E-state index contributed by atoms with van der Waals surface area (Å²) in [6, 6.07) is 6.44. The van der Waals surface area contributed by atoms with Crippen molar-refractivity contribution in [3.05, 3.63) is 105 Å². The number of sulfonamides is 1. The Morgan fingerprint density at radius 1 is 1.10 bits per heavy atom. The first-order chi connectivity index (χ1) is 23.5. The van der Waals surface area contributed by atoms with E-state index in [0.717, 1.165) is 52.5 Å². The summed E-state index contributed by atoms with van der Waals surface area (Å²) < 4.78 is 47.0. The molecule has 256 valence electrons. The van der Waals surface area contributed by atoms with Crippen molar-refractivity contribution in [1.29, 1.82) is 0 Å². The van der Waals surface area contributed by atoms with Crippen LogP contribution in [0.1, 0.15) is 74.0 Å². The van der Waals surface area contributed by atoms with E-state index in [-0.39, 0.29) is 12.6 Å². The topological polar surface area (TPSA) is 178 Å². The third-order valence-corrected chi connectivity index (χ3v) is 9.29. The van der Waals surface area contributed by atoms with E-state index in [2.05, 4.69) is 24.9 Å². The molecule has 0 bridgehead atoms. The van der Waals surface area contributed by atoms with Crippen LogP contribution in [0.25, 0.3) is 34.9 Å². The van der Waals surface area contributed by atoms with Gasteiger partial charge in [-0.2, -0.15) is 5.10 Å². The highest BCUT2D eigenvalue weighted by atomic mass is 32.2. The molecule has 49 heavy (non-hydrogen) atoms. The number of rotatable bonds is 9. The molecule has 6 rings (SSSR count). The van der Waals surface area contributed by atoms with Gasteiger partial charge in [0.25, 0.3) is 0 Å². The molecule has 7 N–H and O–H groups in total. The zero-order valence-corrected chi connectivity index (χ0v) is 28.6. The van der Waals surface area contributed by atoms with Gasteiger partial charge in [-0.15, -0.1) is 0 Å². The van der Waals surface area contributed by atoms with Crippen LogP contribution in [-0.2, 0) is 23.0 Å². The molecule has 1 fully saturated rings. The lowest BCUT2D eigenvalue weighted by atomic mass is 9.97. The first kappa shape index (κ1) is 33.9. The number of allylic oxidation sites excluding steroid dienone is 5. The van der Waals surface area contributed by atoms with Gasteiger partial charge in [0.2, 0.25) is 10.0 Å². The molecule has 0 unspecified atom stereocenters. The van der Waals surface area contributed by atoms with Crippen LogP contribution in [0.5, 0.6) is 5.75 Å². The lowest BCUT2D eigenvalue weighted by Crippen LogP contribution is -2.26. The highest BCUT2D eigenvalue weighted by molar-refractivity contribution is 7.88. The molecule has 2 aliphatic rings. The van der Waals surface area contributed by atoms with Crippen LogP contribution >= 0.6 is 0 Å². The molecule has 2 aliphatic carbocycles. The van der Waals surface area contributed by atoms with E-state index in [1.54, 1.807) is 24.4 Å². The molecular formula is C36H41FN8O3S. The Kier molecular flexibility index (Phi) is 9.84. The number of nitrogens with zero attached hydrogens (tertiary/aromatic N) is 3. The highest BCUT2D eigenvalue weighted by Gasteiger charge is 2.22. The molecule has 13 heteroatoms. The quantitative estimate of drug-likeness (QED) is 0.176. The van der Waals surface area contributed by atoms with Crippen LogP contribution in [0.4, 0.5) is 4.39 Å². The number of H-pyrrole nitrogens is 2. The Bertz CT molecular complexity index is 2210. The smallest absolute Gasteiger partial charge is 0.209 e. The van der Waals surface area contributed by atoms with Crippen LogP contribution in [0, 0.1) is 5.82 Å². The standard InChI is InChI=1S/C36H41FN8O3S/c1-21(2)30(24-14-28(20-40-19-24)48-27-7-5-4-6-8-27)16-31-33(17-38)44-45-35(31)36-42-32-15-26(39)9-10-29(34(32)43-36)23-11-22(12-25(37)13-23)18-41-49(3,46)47/h9-14,16-17,19-20,27,41,44H,4-8,15,18,38-39H2,1-3H3,(H,42,43)/b31-16+,33-17+. The van der Waals surface area contributed by atoms with Gasteiger partial charge in [0.05, 0.1) is 29.6 Å². The van der Waals surface area contributed by atoms with E-state index in [9.17, 15) is 12.8 Å². The van der Waals surface area contributed by atoms with Crippen LogP contribution < -0.4 is 31.5 Å². The van der Waals surface area contributed by atoms with E-state index in [0.29, 0.717) is 51.4 Å². The zero-order valence-electron chi connectivity index (χ0n) is 27.8. The Morgan fingerprint density at radius 3 is 2.63 bits per heavy atom. The van der Waals surface area contributed by atoms with Crippen molar-refractivity contribution in [2.24, 2.45) is 11.5 Å². The Morgan fingerprint density at radius 2 is 1.90 bits per heavy atom. The SMILES string of the molecule is CC(C)=C(/C=c1/c(-c2nc3c([nH]2)CC(N)=CC=C3c2cc(F)cc(CNS(C)(=O)=O)c2)n[nH]/c1=C/N)c1cncc(OC2CCCCC2)c1. The van der Waals surface area contributed by atoms with Gasteiger partial charge in [-0.1, -0.05) is 18.1 Å².